The van der Waals surface area contributed by atoms with Gasteiger partial charge < -0.3 is 15.2 Å². The maximum absolute atomic E-state index is 13.6. The molecule has 5 nitrogen and oxygen atoms in total. The summed E-state index contributed by atoms with van der Waals surface area (Å²) < 4.78 is 18.6. The summed E-state index contributed by atoms with van der Waals surface area (Å²) >= 11 is 5.76. The molecule has 1 aliphatic rings. The number of ether oxygens (including phenoxy) is 1. The molecule has 1 fully saturated rings. The van der Waals surface area contributed by atoms with Crippen LogP contribution in [-0.2, 0) is 9.53 Å². The number of hydrogen-bond acceptors (Lipinski definition) is 3. The third-order valence-corrected chi connectivity index (χ3v) is 3.29. The molecule has 2 rings (SSSR count). The lowest BCUT2D eigenvalue weighted by atomic mass is 9.98. The summed E-state index contributed by atoms with van der Waals surface area (Å²) in [6.07, 6.45) is 0.125. The normalized spacial score (nSPS) is 22.2. The van der Waals surface area contributed by atoms with Crippen LogP contribution in [0.5, 0.6) is 0 Å². The van der Waals surface area contributed by atoms with Gasteiger partial charge in [-0.1, -0.05) is 17.7 Å². The Morgan fingerprint density at radius 3 is 2.74 bits per heavy atom. The minimum atomic E-state index is -1.53. The first-order valence-corrected chi connectivity index (χ1v) is 5.92. The molecule has 0 aromatic heterocycles. The summed E-state index contributed by atoms with van der Waals surface area (Å²) in [6.45, 7) is 0.0672. The van der Waals surface area contributed by atoms with Gasteiger partial charge in [-0.15, -0.1) is 0 Å². The standard InChI is InChI=1S/C12H11ClFNO4/c13-7-2-1-3-8(14)9(7)10(16)15-12(11(17)18)4-5-19-6-12/h1-3H,4-6H2,(H,15,16)(H,17,18). The fourth-order valence-corrected chi connectivity index (χ4v) is 2.13. The van der Waals surface area contributed by atoms with Crippen molar-refractivity contribution in [3.8, 4) is 0 Å². The van der Waals surface area contributed by atoms with E-state index in [2.05, 4.69) is 5.32 Å². The molecule has 0 radical (unpaired) electrons. The van der Waals surface area contributed by atoms with E-state index in [1.165, 1.54) is 12.1 Å². The average Bonchev–Trinajstić information content (AvgIpc) is 2.78. The first-order valence-electron chi connectivity index (χ1n) is 5.54. The van der Waals surface area contributed by atoms with Crippen LogP contribution in [0.2, 0.25) is 5.02 Å². The fraction of sp³-hybridized carbons (Fsp3) is 0.333. The topological polar surface area (TPSA) is 75.6 Å². The molecule has 0 bridgehead atoms. The zero-order chi connectivity index (χ0) is 14.0. The van der Waals surface area contributed by atoms with E-state index < -0.39 is 23.2 Å². The van der Waals surface area contributed by atoms with Crippen LogP contribution in [-0.4, -0.2) is 35.7 Å². The number of carbonyl (C=O) groups excluding carboxylic acids is 1. The molecule has 7 heteroatoms. The molecule has 1 amide bonds. The maximum atomic E-state index is 13.6. The Morgan fingerprint density at radius 1 is 1.47 bits per heavy atom. The Bertz CT molecular complexity index is 508. The van der Waals surface area contributed by atoms with Crippen LogP contribution in [0.1, 0.15) is 16.8 Å². The molecule has 0 aliphatic carbocycles. The van der Waals surface area contributed by atoms with Crippen molar-refractivity contribution in [1.82, 2.24) is 5.32 Å². The second-order valence-electron chi connectivity index (χ2n) is 4.24. The maximum Gasteiger partial charge on any atom is 0.331 e. The van der Waals surface area contributed by atoms with Crippen molar-refractivity contribution in [2.45, 2.75) is 12.0 Å². The summed E-state index contributed by atoms with van der Waals surface area (Å²) in [5, 5.41) is 11.4. The number of rotatable bonds is 3. The van der Waals surface area contributed by atoms with Crippen LogP contribution < -0.4 is 5.32 Å². The second kappa shape index (κ2) is 5.14. The van der Waals surface area contributed by atoms with Crippen molar-refractivity contribution in [2.24, 2.45) is 0 Å². The lowest BCUT2D eigenvalue weighted by Gasteiger charge is -2.24. The predicted octanol–water partition coefficient (Wildman–Crippen LogP) is 1.45. The smallest absolute Gasteiger partial charge is 0.331 e. The lowest BCUT2D eigenvalue weighted by molar-refractivity contribution is -0.144. The number of halogens is 2. The van der Waals surface area contributed by atoms with E-state index in [1.807, 2.05) is 0 Å². The zero-order valence-electron chi connectivity index (χ0n) is 9.78. The fourth-order valence-electron chi connectivity index (χ4n) is 1.88. The van der Waals surface area contributed by atoms with Crippen molar-refractivity contribution in [1.29, 1.82) is 0 Å². The molecule has 0 spiro atoms. The molecule has 0 saturated carbocycles. The molecule has 1 aliphatic heterocycles. The molecular weight excluding hydrogens is 277 g/mol. The molecule has 1 heterocycles. The molecule has 1 saturated heterocycles. The number of aliphatic carboxylic acids is 1. The third-order valence-electron chi connectivity index (χ3n) is 2.97. The van der Waals surface area contributed by atoms with Crippen LogP contribution in [0, 0.1) is 5.82 Å². The lowest BCUT2D eigenvalue weighted by Crippen LogP contribution is -2.55. The SMILES string of the molecule is O=C(NC1(C(=O)O)CCOC1)c1c(F)cccc1Cl. The van der Waals surface area contributed by atoms with E-state index >= 15 is 0 Å². The number of carboxylic acids is 1. The highest BCUT2D eigenvalue weighted by Crippen LogP contribution is 2.23. The molecule has 1 aromatic rings. The van der Waals surface area contributed by atoms with Gasteiger partial charge in [-0.3, -0.25) is 4.79 Å². The van der Waals surface area contributed by atoms with Gasteiger partial charge in [-0.2, -0.15) is 0 Å². The van der Waals surface area contributed by atoms with E-state index in [-0.39, 0.29) is 30.2 Å². The number of benzene rings is 1. The Labute approximate surface area is 113 Å². The monoisotopic (exact) mass is 287 g/mol. The molecule has 102 valence electrons. The summed E-state index contributed by atoms with van der Waals surface area (Å²) in [4.78, 5) is 23.2. The first kappa shape index (κ1) is 13.8. The average molecular weight is 288 g/mol. The number of carbonyl (C=O) groups is 2. The highest BCUT2D eigenvalue weighted by Gasteiger charge is 2.44. The Balaban J connectivity index is 2.28. The second-order valence-corrected chi connectivity index (χ2v) is 4.65. The van der Waals surface area contributed by atoms with Gasteiger partial charge in [0.1, 0.15) is 5.82 Å². The van der Waals surface area contributed by atoms with E-state index in [0.717, 1.165) is 6.07 Å². The van der Waals surface area contributed by atoms with Crippen molar-refractivity contribution in [2.75, 3.05) is 13.2 Å². The van der Waals surface area contributed by atoms with E-state index in [4.69, 9.17) is 16.3 Å². The van der Waals surface area contributed by atoms with E-state index in [1.54, 1.807) is 0 Å². The van der Waals surface area contributed by atoms with Crippen molar-refractivity contribution >= 4 is 23.5 Å². The summed E-state index contributed by atoms with van der Waals surface area (Å²) in [7, 11) is 0. The van der Waals surface area contributed by atoms with Crippen molar-refractivity contribution < 1.29 is 23.8 Å². The van der Waals surface area contributed by atoms with Gasteiger partial charge in [0.05, 0.1) is 17.2 Å². The van der Waals surface area contributed by atoms with Gasteiger partial charge in [0, 0.05) is 13.0 Å². The van der Waals surface area contributed by atoms with Crippen LogP contribution in [0.4, 0.5) is 4.39 Å². The summed E-state index contributed by atoms with van der Waals surface area (Å²) in [5.41, 5.74) is -1.89. The molecule has 1 atom stereocenters. The molecule has 1 aromatic carbocycles. The van der Waals surface area contributed by atoms with Gasteiger partial charge in [0.2, 0.25) is 0 Å². The number of amides is 1. The first-order chi connectivity index (χ1) is 8.96. The van der Waals surface area contributed by atoms with Gasteiger partial charge >= 0.3 is 5.97 Å². The largest absolute Gasteiger partial charge is 0.479 e. The molecule has 1 unspecified atom stereocenters. The van der Waals surface area contributed by atoms with Crippen molar-refractivity contribution in [3.63, 3.8) is 0 Å². The van der Waals surface area contributed by atoms with Gasteiger partial charge in [0.25, 0.3) is 5.91 Å². The highest BCUT2D eigenvalue weighted by atomic mass is 35.5. The van der Waals surface area contributed by atoms with Gasteiger partial charge in [-0.05, 0) is 12.1 Å². The minimum Gasteiger partial charge on any atom is -0.479 e. The van der Waals surface area contributed by atoms with Crippen molar-refractivity contribution in [3.05, 3.63) is 34.6 Å². The minimum absolute atomic E-state index is 0.0723. The van der Waals surface area contributed by atoms with Crippen LogP contribution >= 0.6 is 11.6 Å². The number of hydrogen-bond donors (Lipinski definition) is 2. The van der Waals surface area contributed by atoms with E-state index in [9.17, 15) is 19.1 Å². The third kappa shape index (κ3) is 2.54. The van der Waals surface area contributed by atoms with Gasteiger partial charge in [-0.25, -0.2) is 9.18 Å². The zero-order valence-corrected chi connectivity index (χ0v) is 10.5. The van der Waals surface area contributed by atoms with Gasteiger partial charge in [0.15, 0.2) is 5.54 Å². The Kier molecular flexibility index (Phi) is 3.73. The van der Waals surface area contributed by atoms with Crippen LogP contribution in [0.3, 0.4) is 0 Å². The molecule has 19 heavy (non-hydrogen) atoms. The number of nitrogens with one attached hydrogen (secondary N) is 1. The van der Waals surface area contributed by atoms with Crippen LogP contribution in [0.25, 0.3) is 0 Å². The quantitative estimate of drug-likeness (QED) is 0.882. The number of carboxylic acid groups (broad SMARTS) is 1. The Morgan fingerprint density at radius 2 is 2.21 bits per heavy atom. The highest BCUT2D eigenvalue weighted by molar-refractivity contribution is 6.33. The summed E-state index contributed by atoms with van der Waals surface area (Å²) in [6, 6.07) is 3.80. The molecular formula is C12H11ClFNO4. The summed E-state index contributed by atoms with van der Waals surface area (Å²) in [5.74, 6) is -2.88. The van der Waals surface area contributed by atoms with E-state index in [0.29, 0.717) is 0 Å². The van der Waals surface area contributed by atoms with Crippen LogP contribution in [0.15, 0.2) is 18.2 Å². The predicted molar refractivity (Wildman–Crippen MR) is 64.7 cm³/mol. The Hall–Kier alpha value is -1.66. The molecule has 2 N–H and O–H groups in total.